The largest absolute Gasteiger partial charge is 0.396 e. The van der Waals surface area contributed by atoms with Gasteiger partial charge in [-0.2, -0.15) is 0 Å². The summed E-state index contributed by atoms with van der Waals surface area (Å²) in [5, 5.41) is 15.2. The maximum absolute atomic E-state index is 12.1. The molecule has 6 nitrogen and oxygen atoms in total. The molecule has 25 heavy (non-hydrogen) atoms. The van der Waals surface area contributed by atoms with Crippen molar-refractivity contribution in [2.24, 2.45) is 5.92 Å². The third-order valence-electron chi connectivity index (χ3n) is 5.11. The van der Waals surface area contributed by atoms with Crippen molar-refractivity contribution in [3.63, 3.8) is 0 Å². The first-order chi connectivity index (χ1) is 12.2. The second-order valence-corrected chi connectivity index (χ2v) is 7.01. The molecule has 0 bridgehead atoms. The van der Waals surface area contributed by atoms with Crippen molar-refractivity contribution < 1.29 is 9.90 Å². The van der Waals surface area contributed by atoms with Crippen molar-refractivity contribution >= 4 is 6.03 Å². The number of piperidine rings is 1. The molecule has 0 unspecified atom stereocenters. The number of amides is 2. The fraction of sp³-hybridized carbons (Fsp3) is 0.579. The van der Waals surface area contributed by atoms with Crippen molar-refractivity contribution in [2.45, 2.75) is 37.8 Å². The van der Waals surface area contributed by atoms with Crippen molar-refractivity contribution in [1.82, 2.24) is 20.5 Å². The number of carbonyl (C=O) groups is 1. The highest BCUT2D eigenvalue weighted by Gasteiger charge is 2.23. The van der Waals surface area contributed by atoms with E-state index in [-0.39, 0.29) is 30.6 Å². The molecule has 1 saturated heterocycles. The van der Waals surface area contributed by atoms with Gasteiger partial charge in [0.1, 0.15) is 0 Å². The topological polar surface area (TPSA) is 77.5 Å². The van der Waals surface area contributed by atoms with Crippen LogP contribution in [0.4, 0.5) is 4.79 Å². The van der Waals surface area contributed by atoms with Crippen LogP contribution in [-0.2, 0) is 6.42 Å². The fourth-order valence-corrected chi connectivity index (χ4v) is 3.55. The summed E-state index contributed by atoms with van der Waals surface area (Å²) in [7, 11) is 0. The molecule has 6 heteroatoms. The third-order valence-corrected chi connectivity index (χ3v) is 5.11. The van der Waals surface area contributed by atoms with E-state index >= 15 is 0 Å². The number of aromatic nitrogens is 1. The molecule has 0 saturated carbocycles. The lowest BCUT2D eigenvalue weighted by Gasteiger charge is -2.32. The van der Waals surface area contributed by atoms with Crippen LogP contribution in [0.3, 0.4) is 0 Å². The Morgan fingerprint density at radius 1 is 1.20 bits per heavy atom. The standard InChI is InChI=1S/C19H28N4O2/c24-14-16-1-2-18(13-16)22-19(25)21-17-6-11-23(12-7-17)10-5-15-3-8-20-9-4-15/h1-4,8-9,16-18,24H,5-7,10-14H2,(H2,21,22,25)/t16-,18+/m0/s1. The zero-order valence-corrected chi connectivity index (χ0v) is 14.6. The summed E-state index contributed by atoms with van der Waals surface area (Å²) in [4.78, 5) is 18.6. The van der Waals surface area contributed by atoms with Crippen molar-refractivity contribution in [3.05, 3.63) is 42.2 Å². The number of aliphatic hydroxyl groups excluding tert-OH is 1. The number of aliphatic hydroxyl groups is 1. The smallest absolute Gasteiger partial charge is 0.315 e. The monoisotopic (exact) mass is 344 g/mol. The Hall–Kier alpha value is -1.92. The van der Waals surface area contributed by atoms with Gasteiger partial charge in [-0.05, 0) is 43.4 Å². The summed E-state index contributed by atoms with van der Waals surface area (Å²) in [6.45, 7) is 3.24. The zero-order chi connectivity index (χ0) is 17.5. The minimum atomic E-state index is -0.0940. The molecule has 2 heterocycles. The van der Waals surface area contributed by atoms with Crippen LogP contribution in [0, 0.1) is 5.92 Å². The molecule has 0 spiro atoms. The van der Waals surface area contributed by atoms with Gasteiger partial charge in [0.15, 0.2) is 0 Å². The molecule has 2 amide bonds. The predicted molar refractivity (Wildman–Crippen MR) is 97.2 cm³/mol. The first-order valence-electron chi connectivity index (χ1n) is 9.20. The van der Waals surface area contributed by atoms with Crippen LogP contribution in [0.2, 0.25) is 0 Å². The SMILES string of the molecule is O=C(NC1CCN(CCc2ccncc2)CC1)N[C@@H]1C=C[C@H](CO)C1. The lowest BCUT2D eigenvalue weighted by Crippen LogP contribution is -2.49. The van der Waals surface area contributed by atoms with E-state index in [9.17, 15) is 4.79 Å². The van der Waals surface area contributed by atoms with E-state index in [1.54, 1.807) is 0 Å². The molecule has 1 aliphatic heterocycles. The van der Waals surface area contributed by atoms with E-state index in [4.69, 9.17) is 5.11 Å². The third kappa shape index (κ3) is 5.54. The Bertz CT molecular complexity index is 570. The number of urea groups is 1. The van der Waals surface area contributed by atoms with Gasteiger partial charge >= 0.3 is 6.03 Å². The van der Waals surface area contributed by atoms with Gasteiger partial charge in [0.25, 0.3) is 0 Å². The summed E-state index contributed by atoms with van der Waals surface area (Å²) >= 11 is 0. The summed E-state index contributed by atoms with van der Waals surface area (Å²) < 4.78 is 0. The number of pyridine rings is 1. The number of rotatable bonds is 6. The van der Waals surface area contributed by atoms with E-state index in [0.717, 1.165) is 45.3 Å². The summed E-state index contributed by atoms with van der Waals surface area (Å²) in [6, 6.07) is 4.33. The van der Waals surface area contributed by atoms with Gasteiger partial charge in [-0.1, -0.05) is 12.2 Å². The highest BCUT2D eigenvalue weighted by molar-refractivity contribution is 5.74. The molecule has 3 rings (SSSR count). The Morgan fingerprint density at radius 2 is 1.96 bits per heavy atom. The molecular weight excluding hydrogens is 316 g/mol. The van der Waals surface area contributed by atoms with Gasteiger partial charge < -0.3 is 20.6 Å². The molecular formula is C19H28N4O2. The van der Waals surface area contributed by atoms with Crippen LogP contribution in [-0.4, -0.2) is 59.3 Å². The maximum atomic E-state index is 12.1. The van der Waals surface area contributed by atoms with E-state index in [1.165, 1.54) is 5.56 Å². The summed E-state index contributed by atoms with van der Waals surface area (Å²) in [6.07, 6.45) is 11.4. The molecule has 1 aromatic rings. The Labute approximate surface area is 149 Å². The Balaban J connectivity index is 1.32. The van der Waals surface area contributed by atoms with Gasteiger partial charge in [-0.15, -0.1) is 0 Å². The lowest BCUT2D eigenvalue weighted by molar-refractivity contribution is 0.192. The molecule has 3 N–H and O–H groups in total. The van der Waals surface area contributed by atoms with Gasteiger partial charge in [-0.25, -0.2) is 4.79 Å². The molecule has 1 aliphatic carbocycles. The second-order valence-electron chi connectivity index (χ2n) is 7.01. The molecule has 1 fully saturated rings. The molecule has 2 aliphatic rings. The highest BCUT2D eigenvalue weighted by atomic mass is 16.3. The minimum Gasteiger partial charge on any atom is -0.396 e. The van der Waals surface area contributed by atoms with E-state index in [1.807, 2.05) is 24.5 Å². The van der Waals surface area contributed by atoms with Crippen molar-refractivity contribution in [3.8, 4) is 0 Å². The molecule has 2 atom stereocenters. The van der Waals surface area contributed by atoms with Crippen molar-refractivity contribution in [2.75, 3.05) is 26.2 Å². The fourth-order valence-electron chi connectivity index (χ4n) is 3.55. The summed E-state index contributed by atoms with van der Waals surface area (Å²) in [5.74, 6) is 0.175. The van der Waals surface area contributed by atoms with Crippen LogP contribution >= 0.6 is 0 Å². The van der Waals surface area contributed by atoms with Crippen LogP contribution in [0.1, 0.15) is 24.8 Å². The van der Waals surface area contributed by atoms with Gasteiger partial charge in [0, 0.05) is 56.6 Å². The number of hydrogen-bond donors (Lipinski definition) is 3. The van der Waals surface area contributed by atoms with Gasteiger partial charge in [0.2, 0.25) is 0 Å². The number of hydrogen-bond acceptors (Lipinski definition) is 4. The zero-order valence-electron chi connectivity index (χ0n) is 14.6. The Morgan fingerprint density at radius 3 is 2.64 bits per heavy atom. The average Bonchev–Trinajstić information content (AvgIpc) is 3.09. The van der Waals surface area contributed by atoms with E-state index in [2.05, 4.69) is 32.7 Å². The molecule has 0 aromatic carbocycles. The predicted octanol–water partition coefficient (Wildman–Crippen LogP) is 1.32. The number of carbonyl (C=O) groups excluding carboxylic acids is 1. The number of nitrogens with zero attached hydrogens (tertiary/aromatic N) is 2. The van der Waals surface area contributed by atoms with E-state index in [0.29, 0.717) is 0 Å². The van der Waals surface area contributed by atoms with Crippen LogP contribution in [0.5, 0.6) is 0 Å². The average molecular weight is 344 g/mol. The molecule has 136 valence electrons. The first-order valence-corrected chi connectivity index (χ1v) is 9.20. The quantitative estimate of drug-likeness (QED) is 0.680. The maximum Gasteiger partial charge on any atom is 0.315 e. The molecule has 0 radical (unpaired) electrons. The first kappa shape index (κ1) is 17.9. The number of likely N-dealkylation sites (tertiary alicyclic amines) is 1. The van der Waals surface area contributed by atoms with Crippen LogP contribution < -0.4 is 10.6 Å². The Kier molecular flexibility index (Phi) is 6.42. The number of nitrogens with one attached hydrogen (secondary N) is 2. The summed E-state index contributed by atoms with van der Waals surface area (Å²) in [5.41, 5.74) is 1.32. The van der Waals surface area contributed by atoms with E-state index < -0.39 is 0 Å². The minimum absolute atomic E-state index is 0.0394. The van der Waals surface area contributed by atoms with Crippen LogP contribution in [0.25, 0.3) is 0 Å². The lowest BCUT2D eigenvalue weighted by atomic mass is 10.0. The second kappa shape index (κ2) is 8.97. The van der Waals surface area contributed by atoms with Crippen LogP contribution in [0.15, 0.2) is 36.7 Å². The van der Waals surface area contributed by atoms with Gasteiger partial charge in [-0.3, -0.25) is 4.98 Å². The van der Waals surface area contributed by atoms with Gasteiger partial charge in [0.05, 0.1) is 0 Å². The highest BCUT2D eigenvalue weighted by Crippen LogP contribution is 2.17. The molecule has 1 aromatic heterocycles. The normalized spacial score (nSPS) is 24.4. The van der Waals surface area contributed by atoms with Crippen molar-refractivity contribution in [1.29, 1.82) is 0 Å².